The second-order valence-corrected chi connectivity index (χ2v) is 10.5. The highest BCUT2D eigenvalue weighted by molar-refractivity contribution is 7.91. The third-order valence-electron chi connectivity index (χ3n) is 5.72. The van der Waals surface area contributed by atoms with Gasteiger partial charge in [0.15, 0.2) is 9.84 Å². The summed E-state index contributed by atoms with van der Waals surface area (Å²) in [6.07, 6.45) is 5.98. The van der Waals surface area contributed by atoms with Crippen LogP contribution in [0.2, 0.25) is 0 Å². The highest BCUT2D eigenvalue weighted by Crippen LogP contribution is 2.42. The van der Waals surface area contributed by atoms with Crippen LogP contribution >= 0.6 is 0 Å². The Bertz CT molecular complexity index is 430. The van der Waals surface area contributed by atoms with Crippen LogP contribution in [-0.4, -0.2) is 32.5 Å². The highest BCUT2D eigenvalue weighted by atomic mass is 32.2. The van der Waals surface area contributed by atoms with E-state index in [1.54, 1.807) is 0 Å². The topological polar surface area (TPSA) is 46.2 Å². The molecule has 21 heavy (non-hydrogen) atoms. The molecule has 124 valence electrons. The van der Waals surface area contributed by atoms with Crippen LogP contribution in [0.1, 0.15) is 59.8 Å². The van der Waals surface area contributed by atoms with Gasteiger partial charge in [0.2, 0.25) is 0 Å². The number of rotatable bonds is 4. The molecule has 1 aliphatic heterocycles. The van der Waals surface area contributed by atoms with E-state index in [-0.39, 0.29) is 0 Å². The SMILES string of the molecule is CCNC(C1CCC(C(C)(C)C)CC1)C1CCS(=O)(=O)C1. The van der Waals surface area contributed by atoms with Crippen molar-refractivity contribution in [1.29, 1.82) is 0 Å². The van der Waals surface area contributed by atoms with Gasteiger partial charge in [0, 0.05) is 6.04 Å². The number of hydrogen-bond acceptors (Lipinski definition) is 3. The zero-order valence-corrected chi connectivity index (χ0v) is 15.0. The molecule has 0 radical (unpaired) electrons. The molecule has 2 aliphatic rings. The first-order chi connectivity index (χ1) is 9.73. The van der Waals surface area contributed by atoms with E-state index < -0.39 is 9.84 Å². The van der Waals surface area contributed by atoms with Crippen molar-refractivity contribution in [2.75, 3.05) is 18.1 Å². The van der Waals surface area contributed by atoms with Crippen LogP contribution < -0.4 is 5.32 Å². The lowest BCUT2D eigenvalue weighted by atomic mass is 9.67. The van der Waals surface area contributed by atoms with Gasteiger partial charge in [-0.3, -0.25) is 0 Å². The van der Waals surface area contributed by atoms with Crippen LogP contribution in [0.25, 0.3) is 0 Å². The zero-order chi connectivity index (χ0) is 15.7. The lowest BCUT2D eigenvalue weighted by Crippen LogP contribution is -2.44. The number of hydrogen-bond donors (Lipinski definition) is 1. The second kappa shape index (κ2) is 6.57. The van der Waals surface area contributed by atoms with Crippen molar-refractivity contribution in [3.8, 4) is 0 Å². The molecule has 0 aromatic carbocycles. The third kappa shape index (κ3) is 4.44. The van der Waals surface area contributed by atoms with Crippen LogP contribution in [0.15, 0.2) is 0 Å². The third-order valence-corrected chi connectivity index (χ3v) is 7.51. The maximum absolute atomic E-state index is 11.8. The van der Waals surface area contributed by atoms with E-state index in [4.69, 9.17) is 0 Å². The fraction of sp³-hybridized carbons (Fsp3) is 1.00. The molecule has 2 unspecified atom stereocenters. The predicted molar refractivity (Wildman–Crippen MR) is 89.1 cm³/mol. The summed E-state index contributed by atoms with van der Waals surface area (Å²) in [4.78, 5) is 0. The first-order valence-corrected chi connectivity index (χ1v) is 10.5. The van der Waals surface area contributed by atoms with Crippen molar-refractivity contribution < 1.29 is 8.42 Å². The van der Waals surface area contributed by atoms with Gasteiger partial charge in [-0.1, -0.05) is 27.7 Å². The van der Waals surface area contributed by atoms with E-state index >= 15 is 0 Å². The van der Waals surface area contributed by atoms with Crippen LogP contribution in [0.5, 0.6) is 0 Å². The van der Waals surface area contributed by atoms with Crippen molar-refractivity contribution in [3.05, 3.63) is 0 Å². The number of nitrogens with one attached hydrogen (secondary N) is 1. The fourth-order valence-electron chi connectivity index (χ4n) is 4.41. The smallest absolute Gasteiger partial charge is 0.150 e. The summed E-state index contributed by atoms with van der Waals surface area (Å²) in [5.41, 5.74) is 0.412. The summed E-state index contributed by atoms with van der Waals surface area (Å²) in [6.45, 7) is 10.1. The monoisotopic (exact) mass is 315 g/mol. The molecule has 1 heterocycles. The molecule has 0 spiro atoms. The van der Waals surface area contributed by atoms with Crippen LogP contribution in [0.4, 0.5) is 0 Å². The standard InChI is InChI=1S/C17H33NO2S/c1-5-18-16(14-10-11-21(19,20)12-14)13-6-8-15(9-7-13)17(2,3)4/h13-16,18H,5-12H2,1-4H3. The van der Waals surface area contributed by atoms with Crippen molar-refractivity contribution in [2.24, 2.45) is 23.2 Å². The molecule has 0 amide bonds. The minimum atomic E-state index is -2.77. The average Bonchev–Trinajstić information content (AvgIpc) is 2.75. The largest absolute Gasteiger partial charge is 0.314 e. The van der Waals surface area contributed by atoms with E-state index in [0.717, 1.165) is 18.9 Å². The van der Waals surface area contributed by atoms with E-state index in [0.29, 0.717) is 34.8 Å². The Labute approximate surface area is 131 Å². The maximum Gasteiger partial charge on any atom is 0.150 e. The first-order valence-electron chi connectivity index (χ1n) is 8.66. The molecule has 1 saturated heterocycles. The highest BCUT2D eigenvalue weighted by Gasteiger charge is 2.39. The van der Waals surface area contributed by atoms with E-state index in [1.165, 1.54) is 25.7 Å². The lowest BCUT2D eigenvalue weighted by Gasteiger charge is -2.41. The lowest BCUT2D eigenvalue weighted by molar-refractivity contribution is 0.120. The van der Waals surface area contributed by atoms with Crippen LogP contribution in [-0.2, 0) is 9.84 Å². The van der Waals surface area contributed by atoms with Gasteiger partial charge in [-0.05, 0) is 61.8 Å². The van der Waals surface area contributed by atoms with Crippen LogP contribution in [0, 0.1) is 23.2 Å². The van der Waals surface area contributed by atoms with E-state index in [1.807, 2.05) is 0 Å². The molecule has 1 N–H and O–H groups in total. The summed E-state index contributed by atoms with van der Waals surface area (Å²) in [6, 6.07) is 0.410. The van der Waals surface area contributed by atoms with Crippen molar-refractivity contribution in [3.63, 3.8) is 0 Å². The van der Waals surface area contributed by atoms with Gasteiger partial charge in [-0.25, -0.2) is 8.42 Å². The van der Waals surface area contributed by atoms with Crippen molar-refractivity contribution >= 4 is 9.84 Å². The summed E-state index contributed by atoms with van der Waals surface area (Å²) in [5.74, 6) is 2.64. The molecule has 2 atom stereocenters. The van der Waals surface area contributed by atoms with Gasteiger partial charge >= 0.3 is 0 Å². The molecule has 1 aliphatic carbocycles. The zero-order valence-electron chi connectivity index (χ0n) is 14.2. The van der Waals surface area contributed by atoms with Crippen molar-refractivity contribution in [1.82, 2.24) is 5.32 Å². The summed E-state index contributed by atoms with van der Waals surface area (Å²) >= 11 is 0. The summed E-state index contributed by atoms with van der Waals surface area (Å²) in [7, 11) is -2.77. The molecular formula is C17H33NO2S. The Morgan fingerprint density at radius 3 is 2.10 bits per heavy atom. The molecule has 0 aromatic rings. The van der Waals surface area contributed by atoms with Gasteiger partial charge in [-0.2, -0.15) is 0 Å². The Morgan fingerprint density at radius 1 is 1.05 bits per heavy atom. The molecular weight excluding hydrogens is 282 g/mol. The second-order valence-electron chi connectivity index (χ2n) is 8.22. The molecule has 3 nitrogen and oxygen atoms in total. The Morgan fingerprint density at radius 2 is 1.67 bits per heavy atom. The van der Waals surface area contributed by atoms with Gasteiger partial charge in [0.05, 0.1) is 11.5 Å². The Hall–Kier alpha value is -0.0900. The van der Waals surface area contributed by atoms with Gasteiger partial charge in [0.25, 0.3) is 0 Å². The molecule has 2 rings (SSSR count). The van der Waals surface area contributed by atoms with E-state index in [9.17, 15) is 8.42 Å². The van der Waals surface area contributed by atoms with Gasteiger partial charge in [-0.15, -0.1) is 0 Å². The van der Waals surface area contributed by atoms with Crippen LogP contribution in [0.3, 0.4) is 0 Å². The summed E-state index contributed by atoms with van der Waals surface area (Å²) < 4.78 is 23.6. The molecule has 0 bridgehead atoms. The normalized spacial score (nSPS) is 34.8. The molecule has 0 aromatic heterocycles. The quantitative estimate of drug-likeness (QED) is 0.866. The van der Waals surface area contributed by atoms with Gasteiger partial charge < -0.3 is 5.32 Å². The summed E-state index contributed by atoms with van der Waals surface area (Å²) in [5, 5.41) is 3.62. The van der Waals surface area contributed by atoms with Crippen molar-refractivity contribution in [2.45, 2.75) is 65.8 Å². The van der Waals surface area contributed by atoms with Gasteiger partial charge in [0.1, 0.15) is 0 Å². The fourth-order valence-corrected chi connectivity index (χ4v) is 6.26. The Kier molecular flexibility index (Phi) is 5.40. The minimum absolute atomic E-state index is 0.339. The minimum Gasteiger partial charge on any atom is -0.314 e. The maximum atomic E-state index is 11.8. The average molecular weight is 316 g/mol. The predicted octanol–water partition coefficient (Wildman–Crippen LogP) is 3.25. The molecule has 4 heteroatoms. The van der Waals surface area contributed by atoms with E-state index in [2.05, 4.69) is 33.0 Å². The molecule has 1 saturated carbocycles. The molecule has 2 fully saturated rings. The first kappa shape index (κ1) is 17.3. The Balaban J connectivity index is 1.97. The number of sulfone groups is 1.